The van der Waals surface area contributed by atoms with Crippen molar-refractivity contribution in [2.24, 2.45) is 0 Å². The van der Waals surface area contributed by atoms with Gasteiger partial charge >= 0.3 is 0 Å². The lowest BCUT2D eigenvalue weighted by Gasteiger charge is -2.37. The number of amides is 1. The molecule has 3 aromatic rings. The van der Waals surface area contributed by atoms with Crippen LogP contribution in [0.2, 0.25) is 0 Å². The van der Waals surface area contributed by atoms with E-state index in [1.165, 1.54) is 0 Å². The van der Waals surface area contributed by atoms with Gasteiger partial charge in [0.05, 0.1) is 0 Å². The molecule has 0 bridgehead atoms. The summed E-state index contributed by atoms with van der Waals surface area (Å²) >= 11 is 0. The molecule has 5 nitrogen and oxygen atoms in total. The van der Waals surface area contributed by atoms with Crippen LogP contribution in [0.15, 0.2) is 79.3 Å². The van der Waals surface area contributed by atoms with Gasteiger partial charge in [0.15, 0.2) is 0 Å². The van der Waals surface area contributed by atoms with E-state index in [0.29, 0.717) is 13.1 Å². The fourth-order valence-corrected chi connectivity index (χ4v) is 3.47. The molecule has 1 amide bonds. The van der Waals surface area contributed by atoms with Crippen LogP contribution in [0.3, 0.4) is 0 Å². The van der Waals surface area contributed by atoms with Gasteiger partial charge in [0, 0.05) is 44.8 Å². The van der Waals surface area contributed by atoms with Crippen LogP contribution in [-0.2, 0) is 4.79 Å². The van der Waals surface area contributed by atoms with E-state index in [0.717, 1.165) is 24.5 Å². The summed E-state index contributed by atoms with van der Waals surface area (Å²) in [5, 5.41) is 0. The molecule has 0 radical (unpaired) electrons. The fraction of sp³-hybridized carbons (Fsp3) is 0.238. The first-order valence-corrected chi connectivity index (χ1v) is 8.95. The summed E-state index contributed by atoms with van der Waals surface area (Å²) < 4.78 is 1.99. The number of aromatic nitrogens is 2. The van der Waals surface area contributed by atoms with Gasteiger partial charge in [0.1, 0.15) is 11.9 Å². The smallest absolute Gasteiger partial charge is 0.250 e. The Kier molecular flexibility index (Phi) is 4.69. The van der Waals surface area contributed by atoms with Crippen molar-refractivity contribution in [3.63, 3.8) is 0 Å². The van der Waals surface area contributed by atoms with Crippen molar-refractivity contribution in [3.8, 4) is 0 Å². The predicted octanol–water partition coefficient (Wildman–Crippen LogP) is 2.82. The Labute approximate surface area is 153 Å². The zero-order valence-electron chi connectivity index (χ0n) is 14.6. The number of benzene rings is 1. The summed E-state index contributed by atoms with van der Waals surface area (Å²) in [6, 6.07) is 19.5. The second kappa shape index (κ2) is 7.44. The number of pyridine rings is 1. The molecule has 1 aliphatic heterocycles. The van der Waals surface area contributed by atoms with E-state index >= 15 is 0 Å². The van der Waals surface area contributed by atoms with Crippen molar-refractivity contribution in [3.05, 3.63) is 84.8 Å². The number of hydrogen-bond donors (Lipinski definition) is 0. The maximum absolute atomic E-state index is 13.3. The molecule has 1 unspecified atom stereocenters. The van der Waals surface area contributed by atoms with Gasteiger partial charge in [-0.15, -0.1) is 0 Å². The molecular formula is C21H22N4O. The monoisotopic (exact) mass is 346 g/mol. The molecule has 2 aromatic heterocycles. The van der Waals surface area contributed by atoms with Crippen molar-refractivity contribution in [1.29, 1.82) is 0 Å². The third-order valence-corrected chi connectivity index (χ3v) is 4.84. The Hall–Kier alpha value is -3.08. The molecule has 1 atom stereocenters. The first-order chi connectivity index (χ1) is 12.8. The number of nitrogens with zero attached hydrogens (tertiary/aromatic N) is 4. The lowest BCUT2D eigenvalue weighted by atomic mass is 10.0. The van der Waals surface area contributed by atoms with Crippen LogP contribution in [0, 0.1) is 0 Å². The highest BCUT2D eigenvalue weighted by molar-refractivity contribution is 5.84. The Morgan fingerprint density at radius 3 is 2.19 bits per heavy atom. The molecule has 1 aliphatic rings. The van der Waals surface area contributed by atoms with Crippen molar-refractivity contribution in [2.75, 3.05) is 31.1 Å². The molecule has 0 N–H and O–H groups in total. The van der Waals surface area contributed by atoms with E-state index in [9.17, 15) is 4.79 Å². The van der Waals surface area contributed by atoms with Crippen LogP contribution in [0.4, 0.5) is 5.82 Å². The van der Waals surface area contributed by atoms with E-state index in [2.05, 4.69) is 9.88 Å². The molecule has 132 valence electrons. The number of rotatable bonds is 4. The van der Waals surface area contributed by atoms with Gasteiger partial charge in [-0.1, -0.05) is 36.4 Å². The first-order valence-electron chi connectivity index (χ1n) is 8.95. The summed E-state index contributed by atoms with van der Waals surface area (Å²) in [6.45, 7) is 3.02. The average molecular weight is 346 g/mol. The van der Waals surface area contributed by atoms with Gasteiger partial charge in [-0.05, 0) is 29.8 Å². The molecule has 1 saturated heterocycles. The number of anilines is 1. The van der Waals surface area contributed by atoms with Gasteiger partial charge in [-0.2, -0.15) is 0 Å². The Morgan fingerprint density at radius 2 is 1.54 bits per heavy atom. The maximum Gasteiger partial charge on any atom is 0.250 e. The molecule has 3 heterocycles. The Balaban J connectivity index is 1.51. The van der Waals surface area contributed by atoms with E-state index in [1.54, 1.807) is 0 Å². The highest BCUT2D eigenvalue weighted by Crippen LogP contribution is 2.23. The summed E-state index contributed by atoms with van der Waals surface area (Å²) in [4.78, 5) is 21.9. The SMILES string of the molecule is O=C(C(c1ccccc1)n1cccc1)N1CCN(c2ccccn2)CC1. The number of carbonyl (C=O) groups excluding carboxylic acids is 1. The molecule has 0 spiro atoms. The largest absolute Gasteiger partial charge is 0.353 e. The lowest BCUT2D eigenvalue weighted by molar-refractivity contribution is -0.133. The Bertz CT molecular complexity index is 825. The van der Waals surface area contributed by atoms with Crippen LogP contribution in [0.5, 0.6) is 0 Å². The standard InChI is InChI=1S/C21H22N4O/c26-21(20(24-12-6-7-13-24)18-8-2-1-3-9-18)25-16-14-23(15-17-25)19-10-4-5-11-22-19/h1-13,20H,14-17H2. The minimum atomic E-state index is -0.312. The highest BCUT2D eigenvalue weighted by Gasteiger charge is 2.29. The molecular weight excluding hydrogens is 324 g/mol. The van der Waals surface area contributed by atoms with E-state index in [1.807, 2.05) is 88.7 Å². The summed E-state index contributed by atoms with van der Waals surface area (Å²) in [7, 11) is 0. The van der Waals surface area contributed by atoms with Gasteiger partial charge < -0.3 is 14.4 Å². The molecule has 1 fully saturated rings. The second-order valence-corrected chi connectivity index (χ2v) is 6.44. The molecule has 5 heteroatoms. The van der Waals surface area contributed by atoms with Gasteiger partial charge in [-0.25, -0.2) is 4.98 Å². The van der Waals surface area contributed by atoms with Crippen LogP contribution in [-0.4, -0.2) is 46.5 Å². The third-order valence-electron chi connectivity index (χ3n) is 4.84. The van der Waals surface area contributed by atoms with Crippen molar-refractivity contribution in [2.45, 2.75) is 6.04 Å². The minimum Gasteiger partial charge on any atom is -0.353 e. The molecule has 26 heavy (non-hydrogen) atoms. The van der Waals surface area contributed by atoms with Gasteiger partial charge in [0.25, 0.3) is 0 Å². The highest BCUT2D eigenvalue weighted by atomic mass is 16.2. The number of carbonyl (C=O) groups is 1. The lowest BCUT2D eigenvalue weighted by Crippen LogP contribution is -2.51. The summed E-state index contributed by atoms with van der Waals surface area (Å²) in [5.41, 5.74) is 1.01. The summed E-state index contributed by atoms with van der Waals surface area (Å²) in [6.07, 6.45) is 5.73. The zero-order valence-corrected chi connectivity index (χ0v) is 14.6. The topological polar surface area (TPSA) is 41.4 Å². The van der Waals surface area contributed by atoms with Crippen molar-refractivity contribution < 1.29 is 4.79 Å². The molecule has 1 aromatic carbocycles. The van der Waals surface area contributed by atoms with Gasteiger partial charge in [0.2, 0.25) is 5.91 Å². The number of piperazine rings is 1. The molecule has 4 rings (SSSR count). The first kappa shape index (κ1) is 16.4. The van der Waals surface area contributed by atoms with Crippen molar-refractivity contribution in [1.82, 2.24) is 14.5 Å². The Morgan fingerprint density at radius 1 is 0.846 bits per heavy atom. The van der Waals surface area contributed by atoms with Crippen LogP contribution < -0.4 is 4.90 Å². The molecule has 0 saturated carbocycles. The number of hydrogen-bond acceptors (Lipinski definition) is 3. The normalized spacial score (nSPS) is 15.7. The molecule has 0 aliphatic carbocycles. The van der Waals surface area contributed by atoms with Crippen LogP contribution in [0.1, 0.15) is 11.6 Å². The average Bonchev–Trinajstić information content (AvgIpc) is 3.24. The van der Waals surface area contributed by atoms with Crippen LogP contribution >= 0.6 is 0 Å². The third kappa shape index (κ3) is 3.33. The van der Waals surface area contributed by atoms with E-state index < -0.39 is 0 Å². The van der Waals surface area contributed by atoms with Crippen molar-refractivity contribution >= 4 is 11.7 Å². The predicted molar refractivity (Wildman–Crippen MR) is 102 cm³/mol. The van der Waals surface area contributed by atoms with E-state index in [-0.39, 0.29) is 11.9 Å². The maximum atomic E-state index is 13.3. The minimum absolute atomic E-state index is 0.146. The quantitative estimate of drug-likeness (QED) is 0.729. The van der Waals surface area contributed by atoms with Gasteiger partial charge in [-0.3, -0.25) is 4.79 Å². The fourth-order valence-electron chi connectivity index (χ4n) is 3.47. The van der Waals surface area contributed by atoms with E-state index in [4.69, 9.17) is 0 Å². The van der Waals surface area contributed by atoms with Crippen LogP contribution in [0.25, 0.3) is 0 Å². The summed E-state index contributed by atoms with van der Waals surface area (Å²) in [5.74, 6) is 1.12. The second-order valence-electron chi connectivity index (χ2n) is 6.44. The zero-order chi connectivity index (χ0) is 17.8.